The highest BCUT2D eigenvalue weighted by Gasteiger charge is 2.14. The number of anilines is 2. The van der Waals surface area contributed by atoms with Crippen molar-refractivity contribution in [2.45, 2.75) is 20.3 Å². The molecule has 2 rings (SSSR count). The first kappa shape index (κ1) is 19.9. The van der Waals surface area contributed by atoms with Gasteiger partial charge in [0.25, 0.3) is 11.8 Å². The number of para-hydroxylation sites is 1. The topological polar surface area (TPSA) is 84.5 Å². The summed E-state index contributed by atoms with van der Waals surface area (Å²) in [6, 6.07) is 14.0. The Balaban J connectivity index is 2.02. The lowest BCUT2D eigenvalue weighted by Gasteiger charge is -2.12. The fourth-order valence-corrected chi connectivity index (χ4v) is 2.30. The molecule has 0 bridgehead atoms. The molecule has 0 fully saturated rings. The van der Waals surface area contributed by atoms with E-state index in [9.17, 15) is 14.4 Å². The predicted molar refractivity (Wildman–Crippen MR) is 105 cm³/mol. The summed E-state index contributed by atoms with van der Waals surface area (Å²) in [6.45, 7) is 3.39. The van der Waals surface area contributed by atoms with Crippen LogP contribution in [0.5, 0.6) is 0 Å². The number of ether oxygens (including phenoxy) is 1. The highest BCUT2D eigenvalue weighted by atomic mass is 16.5. The molecule has 0 heterocycles. The van der Waals surface area contributed by atoms with Crippen molar-refractivity contribution in [2.75, 3.05) is 17.2 Å². The molecule has 0 spiro atoms. The van der Waals surface area contributed by atoms with Crippen molar-refractivity contribution in [1.82, 2.24) is 0 Å². The zero-order valence-corrected chi connectivity index (χ0v) is 15.3. The minimum atomic E-state index is -0.586. The fourth-order valence-electron chi connectivity index (χ4n) is 2.30. The molecule has 0 aliphatic rings. The van der Waals surface area contributed by atoms with E-state index in [-0.39, 0.29) is 5.91 Å². The van der Waals surface area contributed by atoms with Crippen LogP contribution in [0.3, 0.4) is 0 Å². The standard InChI is InChI=1S/C21H22N2O4/c1-3-4-12-20(25)27-14-19(24)23-18-11-6-5-10-17(18)21(26)22-16-9-7-8-15(2)13-16/h4-13H,3,14H2,1-2H3,(H,22,26)(H,23,24)/b12-4+. The number of aryl methyl sites for hydroxylation is 1. The van der Waals surface area contributed by atoms with Crippen LogP contribution < -0.4 is 10.6 Å². The predicted octanol–water partition coefficient (Wildman–Crippen LogP) is 3.70. The van der Waals surface area contributed by atoms with E-state index in [1.54, 1.807) is 36.4 Å². The van der Waals surface area contributed by atoms with E-state index in [4.69, 9.17) is 4.74 Å². The van der Waals surface area contributed by atoms with Crippen LogP contribution in [0.25, 0.3) is 0 Å². The third-order valence-electron chi connectivity index (χ3n) is 3.56. The lowest BCUT2D eigenvalue weighted by atomic mass is 10.1. The maximum atomic E-state index is 12.6. The van der Waals surface area contributed by atoms with Gasteiger partial charge in [-0.3, -0.25) is 9.59 Å². The van der Waals surface area contributed by atoms with Crippen molar-refractivity contribution in [1.29, 1.82) is 0 Å². The number of hydrogen-bond acceptors (Lipinski definition) is 4. The third kappa shape index (κ3) is 6.43. The summed E-state index contributed by atoms with van der Waals surface area (Å²) in [5.74, 6) is -1.46. The molecule has 0 unspecified atom stereocenters. The summed E-state index contributed by atoms with van der Waals surface area (Å²) in [4.78, 5) is 36.0. The molecule has 6 heteroatoms. The Kier molecular flexibility index (Phi) is 7.31. The van der Waals surface area contributed by atoms with Gasteiger partial charge < -0.3 is 15.4 Å². The Bertz CT molecular complexity index is 859. The van der Waals surface area contributed by atoms with Gasteiger partial charge in [-0.2, -0.15) is 0 Å². The molecular weight excluding hydrogens is 344 g/mol. The molecule has 2 amide bonds. The minimum Gasteiger partial charge on any atom is -0.452 e. The summed E-state index contributed by atoms with van der Waals surface area (Å²) < 4.78 is 4.85. The number of amides is 2. The SMILES string of the molecule is CC/C=C/C(=O)OCC(=O)Nc1ccccc1C(=O)Nc1cccc(C)c1. The number of nitrogens with one attached hydrogen (secondary N) is 2. The summed E-state index contributed by atoms with van der Waals surface area (Å²) in [6.07, 6.45) is 3.62. The minimum absolute atomic E-state index is 0.310. The molecule has 0 radical (unpaired) electrons. The first-order valence-corrected chi connectivity index (χ1v) is 8.59. The number of hydrogen-bond donors (Lipinski definition) is 2. The van der Waals surface area contributed by atoms with Crippen molar-refractivity contribution < 1.29 is 19.1 Å². The molecule has 0 saturated carbocycles. The van der Waals surface area contributed by atoms with Gasteiger partial charge in [0.15, 0.2) is 6.61 Å². The molecule has 2 aromatic carbocycles. The van der Waals surface area contributed by atoms with E-state index in [2.05, 4.69) is 10.6 Å². The van der Waals surface area contributed by atoms with Gasteiger partial charge in [0.2, 0.25) is 0 Å². The van der Waals surface area contributed by atoms with Gasteiger partial charge >= 0.3 is 5.97 Å². The Hall–Kier alpha value is -3.41. The molecule has 140 valence electrons. The smallest absolute Gasteiger partial charge is 0.330 e. The number of carbonyl (C=O) groups excluding carboxylic acids is 3. The average Bonchev–Trinajstić information content (AvgIpc) is 2.65. The van der Waals surface area contributed by atoms with Gasteiger partial charge in [0, 0.05) is 11.8 Å². The number of rotatable bonds is 7. The Morgan fingerprint density at radius 2 is 1.81 bits per heavy atom. The lowest BCUT2D eigenvalue weighted by molar-refractivity contribution is -0.142. The summed E-state index contributed by atoms with van der Waals surface area (Å²) in [5, 5.41) is 5.40. The molecule has 27 heavy (non-hydrogen) atoms. The Morgan fingerprint density at radius 3 is 2.56 bits per heavy atom. The first-order chi connectivity index (χ1) is 13.0. The highest BCUT2D eigenvalue weighted by Crippen LogP contribution is 2.18. The maximum absolute atomic E-state index is 12.6. The van der Waals surface area contributed by atoms with Crippen molar-refractivity contribution in [3.63, 3.8) is 0 Å². The number of esters is 1. The molecule has 0 atom stereocenters. The molecule has 0 aromatic heterocycles. The molecule has 2 N–H and O–H groups in total. The van der Waals surface area contributed by atoms with Crippen LogP contribution in [0.2, 0.25) is 0 Å². The number of benzene rings is 2. The van der Waals surface area contributed by atoms with Gasteiger partial charge in [-0.25, -0.2) is 4.79 Å². The molecule has 2 aromatic rings. The van der Waals surface area contributed by atoms with Crippen molar-refractivity contribution >= 4 is 29.2 Å². The van der Waals surface area contributed by atoms with Crippen molar-refractivity contribution in [3.05, 3.63) is 71.8 Å². The van der Waals surface area contributed by atoms with E-state index >= 15 is 0 Å². The summed E-state index contributed by atoms with van der Waals surface area (Å²) in [7, 11) is 0. The van der Waals surface area contributed by atoms with E-state index in [1.807, 2.05) is 32.0 Å². The van der Waals surface area contributed by atoms with Crippen molar-refractivity contribution in [2.24, 2.45) is 0 Å². The lowest BCUT2D eigenvalue weighted by Crippen LogP contribution is -2.22. The van der Waals surface area contributed by atoms with Crippen LogP contribution >= 0.6 is 0 Å². The summed E-state index contributed by atoms with van der Waals surface area (Å²) >= 11 is 0. The maximum Gasteiger partial charge on any atom is 0.330 e. The van der Waals surface area contributed by atoms with Crippen LogP contribution in [0.15, 0.2) is 60.7 Å². The molecule has 0 aliphatic carbocycles. The van der Waals surface area contributed by atoms with Gasteiger partial charge in [-0.1, -0.05) is 37.3 Å². The van der Waals surface area contributed by atoms with E-state index in [1.165, 1.54) is 6.08 Å². The van der Waals surface area contributed by atoms with Gasteiger partial charge in [-0.15, -0.1) is 0 Å². The zero-order valence-electron chi connectivity index (χ0n) is 15.3. The Labute approximate surface area is 158 Å². The number of allylic oxidation sites excluding steroid dienone is 1. The van der Waals surface area contributed by atoms with Crippen LogP contribution in [0.4, 0.5) is 11.4 Å². The largest absolute Gasteiger partial charge is 0.452 e. The van der Waals surface area contributed by atoms with Gasteiger partial charge in [0.1, 0.15) is 0 Å². The molecule has 6 nitrogen and oxygen atoms in total. The Morgan fingerprint density at radius 1 is 1.04 bits per heavy atom. The normalized spacial score (nSPS) is 10.4. The van der Waals surface area contributed by atoms with E-state index in [0.29, 0.717) is 23.4 Å². The quantitative estimate of drug-likeness (QED) is 0.578. The monoisotopic (exact) mass is 366 g/mol. The van der Waals surface area contributed by atoms with Crippen LogP contribution in [-0.4, -0.2) is 24.4 Å². The number of carbonyl (C=O) groups is 3. The average molecular weight is 366 g/mol. The van der Waals surface area contributed by atoms with Crippen LogP contribution in [0.1, 0.15) is 29.3 Å². The highest BCUT2D eigenvalue weighted by molar-refractivity contribution is 6.10. The second kappa shape index (κ2) is 9.91. The van der Waals surface area contributed by atoms with Gasteiger partial charge in [-0.05, 0) is 43.2 Å². The molecule has 0 saturated heterocycles. The van der Waals surface area contributed by atoms with Gasteiger partial charge in [0.05, 0.1) is 11.3 Å². The summed E-state index contributed by atoms with van der Waals surface area (Å²) in [5.41, 5.74) is 2.34. The fraction of sp³-hybridized carbons (Fsp3) is 0.190. The van der Waals surface area contributed by atoms with E-state index in [0.717, 1.165) is 5.56 Å². The van der Waals surface area contributed by atoms with Crippen LogP contribution in [-0.2, 0) is 14.3 Å². The first-order valence-electron chi connectivity index (χ1n) is 8.59. The van der Waals surface area contributed by atoms with Crippen molar-refractivity contribution in [3.8, 4) is 0 Å². The molecule has 0 aliphatic heterocycles. The second-order valence-corrected chi connectivity index (χ2v) is 5.84. The van der Waals surface area contributed by atoms with E-state index < -0.39 is 18.5 Å². The van der Waals surface area contributed by atoms with Crippen LogP contribution in [0, 0.1) is 6.92 Å². The second-order valence-electron chi connectivity index (χ2n) is 5.84. The third-order valence-corrected chi connectivity index (χ3v) is 3.56. The molecular formula is C21H22N2O4. The zero-order chi connectivity index (χ0) is 19.6.